The molecule has 1 fully saturated rings. The van der Waals surface area contributed by atoms with Gasteiger partial charge in [0.1, 0.15) is 6.61 Å². The zero-order valence-corrected chi connectivity index (χ0v) is 15.3. The predicted octanol–water partition coefficient (Wildman–Crippen LogP) is 1.29. The van der Waals surface area contributed by atoms with Crippen molar-refractivity contribution in [2.75, 3.05) is 13.1 Å². The maximum absolute atomic E-state index is 12.6. The van der Waals surface area contributed by atoms with Crippen molar-refractivity contribution in [3.8, 4) is 0 Å². The summed E-state index contributed by atoms with van der Waals surface area (Å²) in [5, 5.41) is 15.5. The summed E-state index contributed by atoms with van der Waals surface area (Å²) in [6.45, 7) is 4.91. The molecule has 1 aromatic heterocycles. The molecule has 1 saturated heterocycles. The number of β-amino-alcohol motifs (C(OH)–C–C–N with tert-alkyl or cyclic N) is 1. The van der Waals surface area contributed by atoms with Crippen LogP contribution in [0.2, 0.25) is 0 Å². The van der Waals surface area contributed by atoms with Crippen LogP contribution in [0.5, 0.6) is 0 Å². The molecule has 1 aliphatic rings. The van der Waals surface area contributed by atoms with Crippen LogP contribution in [-0.2, 0) is 16.1 Å². The number of aliphatic hydroxyl groups is 1. The quantitative estimate of drug-likeness (QED) is 0.667. The van der Waals surface area contributed by atoms with Crippen molar-refractivity contribution >= 4 is 24.3 Å². The molecule has 1 amide bonds. The molecule has 1 aliphatic heterocycles. The van der Waals surface area contributed by atoms with E-state index in [1.54, 1.807) is 24.5 Å². The number of Topliss-reactive ketones (excluding diaryl/α,β-unsaturated/α-hetero) is 1. The van der Waals surface area contributed by atoms with Crippen LogP contribution >= 0.6 is 12.4 Å². The molecule has 25 heavy (non-hydrogen) atoms. The molecular formula is C17H26ClN3O4. The fourth-order valence-corrected chi connectivity index (χ4v) is 2.74. The topological polar surface area (TPSA) is 101 Å². The highest BCUT2D eigenvalue weighted by Crippen LogP contribution is 2.16. The van der Waals surface area contributed by atoms with Crippen LogP contribution in [0.25, 0.3) is 0 Å². The number of rotatable bonds is 7. The molecule has 0 saturated carbocycles. The van der Waals surface area contributed by atoms with Crippen LogP contribution < -0.4 is 10.6 Å². The maximum Gasteiger partial charge on any atom is 0.408 e. The van der Waals surface area contributed by atoms with Gasteiger partial charge in [0.05, 0.1) is 18.1 Å². The number of amides is 1. The second-order valence-corrected chi connectivity index (χ2v) is 6.49. The molecule has 3 atom stereocenters. The molecule has 0 aromatic carbocycles. The summed E-state index contributed by atoms with van der Waals surface area (Å²) in [5.74, 6) is -0.415. The fourth-order valence-electron chi connectivity index (χ4n) is 2.74. The number of ketones is 1. The molecular weight excluding hydrogens is 346 g/mol. The zero-order chi connectivity index (χ0) is 17.5. The number of hydrogen-bond donors (Lipinski definition) is 3. The van der Waals surface area contributed by atoms with Crippen LogP contribution in [0.4, 0.5) is 4.79 Å². The monoisotopic (exact) mass is 371 g/mol. The van der Waals surface area contributed by atoms with Gasteiger partial charge in [-0.15, -0.1) is 12.4 Å². The molecule has 2 unspecified atom stereocenters. The van der Waals surface area contributed by atoms with Crippen molar-refractivity contribution < 1.29 is 19.4 Å². The molecule has 140 valence electrons. The number of hydrogen-bond acceptors (Lipinski definition) is 6. The number of pyridine rings is 1. The van der Waals surface area contributed by atoms with E-state index < -0.39 is 24.2 Å². The Bertz CT molecular complexity index is 556. The number of aromatic nitrogens is 1. The van der Waals surface area contributed by atoms with E-state index in [0.717, 1.165) is 5.56 Å². The highest BCUT2D eigenvalue weighted by molar-refractivity contribution is 5.90. The number of carbonyl (C=O) groups excluding carboxylic acids is 2. The van der Waals surface area contributed by atoms with Gasteiger partial charge in [0.2, 0.25) is 0 Å². The number of nitrogens with one attached hydrogen (secondary N) is 2. The summed E-state index contributed by atoms with van der Waals surface area (Å²) < 4.78 is 5.17. The smallest absolute Gasteiger partial charge is 0.408 e. The summed E-state index contributed by atoms with van der Waals surface area (Å²) in [5.41, 5.74) is 0.822. The molecule has 1 aromatic rings. The lowest BCUT2D eigenvalue weighted by Gasteiger charge is -2.23. The number of ether oxygens (including phenoxy) is 1. The van der Waals surface area contributed by atoms with Crippen molar-refractivity contribution in [1.29, 1.82) is 0 Å². The molecule has 0 aliphatic carbocycles. The largest absolute Gasteiger partial charge is 0.445 e. The fraction of sp³-hybridized carbons (Fsp3) is 0.588. The molecule has 3 N–H and O–H groups in total. The molecule has 2 heterocycles. The third-order valence-electron chi connectivity index (χ3n) is 4.01. The van der Waals surface area contributed by atoms with Gasteiger partial charge in [0.15, 0.2) is 5.78 Å². The summed E-state index contributed by atoms with van der Waals surface area (Å²) >= 11 is 0. The number of aliphatic hydroxyl groups excluding tert-OH is 1. The van der Waals surface area contributed by atoms with Gasteiger partial charge in [-0.1, -0.05) is 13.8 Å². The molecule has 0 radical (unpaired) electrons. The first-order valence-electron chi connectivity index (χ1n) is 8.22. The summed E-state index contributed by atoms with van der Waals surface area (Å²) in [4.78, 5) is 28.5. The Morgan fingerprint density at radius 1 is 1.36 bits per heavy atom. The van der Waals surface area contributed by atoms with Crippen molar-refractivity contribution in [1.82, 2.24) is 15.6 Å². The minimum absolute atomic E-state index is 0. The van der Waals surface area contributed by atoms with Crippen LogP contribution in [0.15, 0.2) is 24.5 Å². The second kappa shape index (κ2) is 10.3. The second-order valence-electron chi connectivity index (χ2n) is 6.49. The summed E-state index contributed by atoms with van der Waals surface area (Å²) in [7, 11) is 0. The normalized spacial score (nSPS) is 20.6. The van der Waals surface area contributed by atoms with Gasteiger partial charge in [0.25, 0.3) is 0 Å². The van der Waals surface area contributed by atoms with Crippen molar-refractivity contribution in [2.45, 2.75) is 39.0 Å². The van der Waals surface area contributed by atoms with Crippen LogP contribution in [0.1, 0.15) is 25.8 Å². The number of halogens is 1. The van der Waals surface area contributed by atoms with E-state index in [2.05, 4.69) is 15.6 Å². The van der Waals surface area contributed by atoms with Crippen LogP contribution in [-0.4, -0.2) is 47.2 Å². The van der Waals surface area contributed by atoms with Gasteiger partial charge in [-0.05, 0) is 30.0 Å². The maximum atomic E-state index is 12.6. The van der Waals surface area contributed by atoms with Gasteiger partial charge in [-0.25, -0.2) is 4.79 Å². The Hall–Kier alpha value is -1.70. The van der Waals surface area contributed by atoms with Gasteiger partial charge >= 0.3 is 6.09 Å². The Kier molecular flexibility index (Phi) is 8.82. The van der Waals surface area contributed by atoms with Crippen molar-refractivity contribution in [3.63, 3.8) is 0 Å². The number of nitrogens with zero attached hydrogens (tertiary/aromatic N) is 1. The van der Waals surface area contributed by atoms with Crippen molar-refractivity contribution in [2.24, 2.45) is 11.8 Å². The molecule has 7 nitrogen and oxygen atoms in total. The molecule has 2 rings (SSSR count). The lowest BCUT2D eigenvalue weighted by Crippen LogP contribution is -2.47. The minimum atomic E-state index is -0.707. The Labute approximate surface area is 154 Å². The lowest BCUT2D eigenvalue weighted by molar-refractivity contribution is -0.127. The Morgan fingerprint density at radius 3 is 2.60 bits per heavy atom. The van der Waals surface area contributed by atoms with Gasteiger partial charge < -0.3 is 20.5 Å². The minimum Gasteiger partial charge on any atom is -0.445 e. The first-order chi connectivity index (χ1) is 11.5. The first-order valence-corrected chi connectivity index (χ1v) is 8.22. The lowest BCUT2D eigenvalue weighted by atomic mass is 9.90. The third kappa shape index (κ3) is 6.61. The van der Waals surface area contributed by atoms with E-state index in [-0.39, 0.29) is 30.7 Å². The van der Waals surface area contributed by atoms with Gasteiger partial charge in [0, 0.05) is 25.5 Å². The molecule has 8 heteroatoms. The van der Waals surface area contributed by atoms with E-state index in [9.17, 15) is 14.7 Å². The average molecular weight is 372 g/mol. The van der Waals surface area contributed by atoms with E-state index in [1.165, 1.54) is 0 Å². The molecule has 0 bridgehead atoms. The first kappa shape index (κ1) is 21.3. The van der Waals surface area contributed by atoms with E-state index >= 15 is 0 Å². The van der Waals surface area contributed by atoms with E-state index in [0.29, 0.717) is 19.5 Å². The van der Waals surface area contributed by atoms with Crippen LogP contribution in [0, 0.1) is 11.8 Å². The van der Waals surface area contributed by atoms with Crippen molar-refractivity contribution in [3.05, 3.63) is 30.1 Å². The highest BCUT2D eigenvalue weighted by atomic mass is 35.5. The number of carbonyl (C=O) groups is 2. The Balaban J connectivity index is 0.00000312. The predicted molar refractivity (Wildman–Crippen MR) is 95.4 cm³/mol. The number of alkyl carbamates (subject to hydrolysis) is 1. The van der Waals surface area contributed by atoms with E-state index in [1.807, 2.05) is 13.8 Å². The van der Waals surface area contributed by atoms with Gasteiger partial charge in [-0.2, -0.15) is 0 Å². The molecule has 0 spiro atoms. The third-order valence-corrected chi connectivity index (χ3v) is 4.01. The summed E-state index contributed by atoms with van der Waals surface area (Å²) in [6.07, 6.45) is 2.41. The standard InChI is InChI=1S/C17H25N3O4.ClH/c1-11(2)7-14(16(22)13-8-19-9-15(13)21)20-17(23)24-10-12-3-5-18-6-4-12;/h3-6,11,13-15,19,21H,7-10H2,1-2H3,(H,20,23);1H/t13?,14-,15?;/m0./s1. The average Bonchev–Trinajstić information content (AvgIpc) is 2.98. The highest BCUT2D eigenvalue weighted by Gasteiger charge is 2.36. The summed E-state index contributed by atoms with van der Waals surface area (Å²) in [6, 6.07) is 2.85. The van der Waals surface area contributed by atoms with Gasteiger partial charge in [-0.3, -0.25) is 9.78 Å². The Morgan fingerprint density at radius 2 is 2.04 bits per heavy atom. The SMILES string of the molecule is CC(C)C[C@H](NC(=O)OCc1ccncc1)C(=O)C1CNCC1O.Cl. The zero-order valence-electron chi connectivity index (χ0n) is 14.5. The van der Waals surface area contributed by atoms with E-state index in [4.69, 9.17) is 4.74 Å². The van der Waals surface area contributed by atoms with Crippen LogP contribution in [0.3, 0.4) is 0 Å².